The number of hydrogen-bond acceptors (Lipinski definition) is 9. The number of pyridine rings is 1. The highest BCUT2D eigenvalue weighted by molar-refractivity contribution is 9.10. The Balaban J connectivity index is 1.26. The summed E-state index contributed by atoms with van der Waals surface area (Å²) in [7, 11) is 0. The minimum absolute atomic E-state index is 0.0243. The quantitative estimate of drug-likeness (QED) is 0.206. The number of carbonyl (C=O) groups is 1. The molecule has 0 saturated carbocycles. The Labute approximate surface area is 282 Å². The molecule has 7 rings (SSSR count). The van der Waals surface area contributed by atoms with Gasteiger partial charge in [-0.3, -0.25) is 4.79 Å². The fourth-order valence-corrected chi connectivity index (χ4v) is 7.66. The highest BCUT2D eigenvalue weighted by Crippen LogP contribution is 2.45. The minimum atomic E-state index is -0.636. The van der Waals surface area contributed by atoms with E-state index in [1.807, 2.05) is 43.3 Å². The van der Waals surface area contributed by atoms with E-state index in [2.05, 4.69) is 31.2 Å². The molecule has 10 nitrogen and oxygen atoms in total. The third-order valence-corrected chi connectivity index (χ3v) is 10.1. The molecule has 240 valence electrons. The van der Waals surface area contributed by atoms with Crippen LogP contribution in [0.2, 0.25) is 5.02 Å². The van der Waals surface area contributed by atoms with Crippen molar-refractivity contribution >= 4 is 45.2 Å². The van der Waals surface area contributed by atoms with Crippen molar-refractivity contribution in [2.45, 2.75) is 54.3 Å². The Hall–Kier alpha value is -2.91. The van der Waals surface area contributed by atoms with Gasteiger partial charge >= 0.3 is 0 Å². The SMILES string of the molecule is CCOC1C(Sc2cc(Br)cnc2C(=O)N2CCC2)OC2COC(c3ccccc3)OC2C1n1cc(-c2ccc(Cl)c(F)c2)nn1. The van der Waals surface area contributed by atoms with Crippen LogP contribution in [0.25, 0.3) is 11.3 Å². The summed E-state index contributed by atoms with van der Waals surface area (Å²) in [6, 6.07) is 15.5. The van der Waals surface area contributed by atoms with Gasteiger partial charge in [0.1, 0.15) is 47.0 Å². The van der Waals surface area contributed by atoms with Crippen molar-refractivity contribution in [2.24, 2.45) is 0 Å². The highest BCUT2D eigenvalue weighted by atomic mass is 79.9. The van der Waals surface area contributed by atoms with Gasteiger partial charge in [-0.15, -0.1) is 5.10 Å². The van der Waals surface area contributed by atoms with Gasteiger partial charge < -0.3 is 23.8 Å². The van der Waals surface area contributed by atoms with E-state index in [9.17, 15) is 9.18 Å². The second-order valence-electron chi connectivity index (χ2n) is 11.1. The van der Waals surface area contributed by atoms with Crippen molar-refractivity contribution < 1.29 is 28.1 Å². The molecule has 14 heteroatoms. The zero-order valence-electron chi connectivity index (χ0n) is 24.7. The van der Waals surface area contributed by atoms with Crippen LogP contribution in [0.3, 0.4) is 0 Å². The summed E-state index contributed by atoms with van der Waals surface area (Å²) in [6.07, 6.45) is 2.05. The largest absolute Gasteiger partial charge is 0.373 e. The Bertz CT molecular complexity index is 1720. The molecule has 2 aromatic carbocycles. The standard InChI is InChI=1S/C32H30BrClFN5O5S/c1-2-42-29-27(40-16-23(37-38-40)19-9-10-21(34)22(35)13-19)28-24(17-43-31(45-28)18-7-4-3-5-8-18)44-32(29)46-25-14-20(33)15-36-26(25)30(41)39-11-6-12-39/h3-5,7-10,13-16,24,27-29,31-32H,2,6,11-12,17H2,1H3. The van der Waals surface area contributed by atoms with Crippen LogP contribution in [0.5, 0.6) is 0 Å². The molecule has 3 aliphatic heterocycles. The first kappa shape index (κ1) is 31.7. The van der Waals surface area contributed by atoms with E-state index >= 15 is 0 Å². The van der Waals surface area contributed by atoms with Gasteiger partial charge in [-0.1, -0.05) is 65.0 Å². The van der Waals surface area contributed by atoms with E-state index in [4.69, 9.17) is 30.5 Å². The number of halogens is 3. The van der Waals surface area contributed by atoms with Gasteiger partial charge in [0.2, 0.25) is 0 Å². The molecule has 0 spiro atoms. The van der Waals surface area contributed by atoms with Crippen molar-refractivity contribution in [3.05, 3.63) is 93.6 Å². The number of likely N-dealkylation sites (tertiary alicyclic amines) is 1. The molecule has 3 aliphatic rings. The maximum atomic E-state index is 14.4. The first-order chi connectivity index (χ1) is 22.4. The van der Waals surface area contributed by atoms with Crippen LogP contribution in [0.15, 0.2) is 76.4 Å². The molecule has 4 aromatic rings. The molecule has 0 bridgehead atoms. The second kappa shape index (κ2) is 13.7. The third-order valence-electron chi connectivity index (χ3n) is 8.18. The van der Waals surface area contributed by atoms with E-state index < -0.39 is 41.9 Å². The molecule has 6 unspecified atom stereocenters. The minimum Gasteiger partial charge on any atom is -0.373 e. The number of benzene rings is 2. The van der Waals surface area contributed by atoms with E-state index in [-0.39, 0.29) is 17.5 Å². The maximum absolute atomic E-state index is 14.4. The normalized spacial score (nSPS) is 26.0. The Morgan fingerprint density at radius 2 is 2.00 bits per heavy atom. The van der Waals surface area contributed by atoms with Crippen LogP contribution in [-0.2, 0) is 18.9 Å². The number of ether oxygens (including phenoxy) is 4. The number of rotatable bonds is 8. The topological polar surface area (TPSA) is 101 Å². The number of nitrogens with zero attached hydrogens (tertiary/aromatic N) is 5. The van der Waals surface area contributed by atoms with E-state index in [1.165, 1.54) is 23.9 Å². The lowest BCUT2D eigenvalue weighted by atomic mass is 9.95. The average Bonchev–Trinajstić information content (AvgIpc) is 3.52. The molecular weight excluding hydrogens is 701 g/mol. The summed E-state index contributed by atoms with van der Waals surface area (Å²) < 4.78 is 42.7. The Morgan fingerprint density at radius 1 is 1.17 bits per heavy atom. The third kappa shape index (κ3) is 6.34. The van der Waals surface area contributed by atoms with Crippen LogP contribution in [0.1, 0.15) is 41.7 Å². The Kier molecular flexibility index (Phi) is 9.42. The summed E-state index contributed by atoms with van der Waals surface area (Å²) in [5, 5.41) is 8.90. The monoisotopic (exact) mass is 729 g/mol. The maximum Gasteiger partial charge on any atom is 0.273 e. The van der Waals surface area contributed by atoms with Crippen molar-refractivity contribution in [1.82, 2.24) is 24.9 Å². The van der Waals surface area contributed by atoms with Gasteiger partial charge in [0, 0.05) is 46.4 Å². The summed E-state index contributed by atoms with van der Waals surface area (Å²) in [4.78, 5) is 20.3. The molecule has 1 amide bonds. The van der Waals surface area contributed by atoms with E-state index in [0.29, 0.717) is 41.5 Å². The number of aromatic nitrogens is 4. The zero-order chi connectivity index (χ0) is 31.8. The first-order valence-electron chi connectivity index (χ1n) is 15.0. The lowest BCUT2D eigenvalue weighted by molar-refractivity contribution is -0.309. The highest BCUT2D eigenvalue weighted by Gasteiger charge is 2.52. The lowest BCUT2D eigenvalue weighted by Crippen LogP contribution is -2.59. The summed E-state index contributed by atoms with van der Waals surface area (Å²) >= 11 is 10.8. The predicted molar refractivity (Wildman–Crippen MR) is 172 cm³/mol. The smallest absolute Gasteiger partial charge is 0.273 e. The van der Waals surface area contributed by atoms with Crippen LogP contribution in [0, 0.1) is 5.82 Å². The molecule has 0 radical (unpaired) electrons. The van der Waals surface area contributed by atoms with Crippen LogP contribution < -0.4 is 0 Å². The molecular formula is C32H30BrClFN5O5S. The fraction of sp³-hybridized carbons (Fsp3) is 0.375. The van der Waals surface area contributed by atoms with Gasteiger partial charge in [0.15, 0.2) is 6.29 Å². The van der Waals surface area contributed by atoms with Gasteiger partial charge in [-0.05, 0) is 47.5 Å². The molecule has 0 aliphatic carbocycles. The number of fused-ring (bicyclic) bond motifs is 1. The number of thioether (sulfide) groups is 1. The zero-order valence-corrected chi connectivity index (χ0v) is 27.8. The molecule has 3 fully saturated rings. The molecule has 3 saturated heterocycles. The molecule has 5 heterocycles. The van der Waals surface area contributed by atoms with E-state index in [0.717, 1.165) is 16.5 Å². The first-order valence-corrected chi connectivity index (χ1v) is 17.0. The van der Waals surface area contributed by atoms with Crippen LogP contribution >= 0.6 is 39.3 Å². The number of hydrogen-bond donors (Lipinski definition) is 0. The number of carbonyl (C=O) groups excluding carboxylic acids is 1. The van der Waals surface area contributed by atoms with Crippen molar-refractivity contribution in [2.75, 3.05) is 26.3 Å². The predicted octanol–water partition coefficient (Wildman–Crippen LogP) is 6.32. The van der Waals surface area contributed by atoms with Gasteiger partial charge in [-0.25, -0.2) is 14.1 Å². The Morgan fingerprint density at radius 3 is 2.74 bits per heavy atom. The summed E-state index contributed by atoms with van der Waals surface area (Å²) in [5.41, 5.74) is 1.61. The summed E-state index contributed by atoms with van der Waals surface area (Å²) in [5.74, 6) is -0.668. The summed E-state index contributed by atoms with van der Waals surface area (Å²) in [6.45, 7) is 3.94. The van der Waals surface area contributed by atoms with Crippen molar-refractivity contribution in [3.8, 4) is 11.3 Å². The van der Waals surface area contributed by atoms with E-state index in [1.54, 1.807) is 28.0 Å². The van der Waals surface area contributed by atoms with Crippen molar-refractivity contribution in [1.29, 1.82) is 0 Å². The molecule has 6 atom stereocenters. The van der Waals surface area contributed by atoms with Crippen LogP contribution in [-0.4, -0.2) is 80.8 Å². The van der Waals surface area contributed by atoms with Crippen LogP contribution in [0.4, 0.5) is 4.39 Å². The van der Waals surface area contributed by atoms with Crippen molar-refractivity contribution in [3.63, 3.8) is 0 Å². The second-order valence-corrected chi connectivity index (χ2v) is 13.6. The fourth-order valence-electron chi connectivity index (χ4n) is 5.79. The molecule has 46 heavy (non-hydrogen) atoms. The lowest BCUT2D eigenvalue weighted by Gasteiger charge is -2.49. The number of amides is 1. The molecule has 2 aromatic heterocycles. The van der Waals surface area contributed by atoms with Gasteiger partial charge in [-0.2, -0.15) is 0 Å². The van der Waals surface area contributed by atoms with Gasteiger partial charge in [0.25, 0.3) is 5.91 Å². The van der Waals surface area contributed by atoms with Gasteiger partial charge in [0.05, 0.1) is 17.8 Å². The average molecular weight is 731 g/mol. The molecule has 0 N–H and O–H groups in total.